The maximum absolute atomic E-state index is 5.61. The molecule has 1 saturated heterocycles. The fourth-order valence-electron chi connectivity index (χ4n) is 3.48. The molecule has 0 amide bonds. The van der Waals surface area contributed by atoms with Gasteiger partial charge in [-0.15, -0.1) is 0 Å². The van der Waals surface area contributed by atoms with Crippen LogP contribution in [0.4, 0.5) is 0 Å². The van der Waals surface area contributed by atoms with Gasteiger partial charge in [0.15, 0.2) is 0 Å². The Balaban J connectivity index is 1.90. The van der Waals surface area contributed by atoms with Gasteiger partial charge >= 0.3 is 0 Å². The molecule has 4 unspecified atom stereocenters. The van der Waals surface area contributed by atoms with E-state index >= 15 is 0 Å². The molecule has 2 fully saturated rings. The second-order valence-electron chi connectivity index (χ2n) is 5.47. The van der Waals surface area contributed by atoms with E-state index in [1.807, 2.05) is 0 Å². The van der Waals surface area contributed by atoms with Gasteiger partial charge in [-0.3, -0.25) is 0 Å². The van der Waals surface area contributed by atoms with Crippen LogP contribution in [0.25, 0.3) is 0 Å². The predicted octanol–water partition coefficient (Wildman–Crippen LogP) is 2.44. The molecule has 0 aromatic heterocycles. The van der Waals surface area contributed by atoms with E-state index in [1.165, 1.54) is 32.1 Å². The molecule has 15 heavy (non-hydrogen) atoms. The van der Waals surface area contributed by atoms with Crippen molar-refractivity contribution in [1.29, 1.82) is 0 Å². The molecule has 1 heterocycles. The lowest BCUT2D eigenvalue weighted by Gasteiger charge is -2.34. The first kappa shape index (κ1) is 11.4. The van der Waals surface area contributed by atoms with E-state index in [0.29, 0.717) is 6.04 Å². The van der Waals surface area contributed by atoms with Crippen LogP contribution >= 0.6 is 0 Å². The number of hydrogen-bond acceptors (Lipinski definition) is 2. The molecule has 1 aliphatic carbocycles. The molecule has 2 nitrogen and oxygen atoms in total. The summed E-state index contributed by atoms with van der Waals surface area (Å²) in [7, 11) is 2.13. The van der Waals surface area contributed by atoms with Crippen molar-refractivity contribution in [2.24, 2.45) is 17.8 Å². The standard InChI is InChI=1S/C13H25NO/c1-10-5-6-11(8-10)13(14-2)12-4-3-7-15-9-12/h10-14H,3-9H2,1-2H3. The topological polar surface area (TPSA) is 21.3 Å². The molecule has 0 aromatic carbocycles. The Labute approximate surface area is 93.8 Å². The summed E-state index contributed by atoms with van der Waals surface area (Å²) in [5.41, 5.74) is 0. The third kappa shape index (κ3) is 2.73. The largest absolute Gasteiger partial charge is 0.381 e. The monoisotopic (exact) mass is 211 g/mol. The molecular formula is C13H25NO. The van der Waals surface area contributed by atoms with Crippen LogP contribution in [0.15, 0.2) is 0 Å². The lowest BCUT2D eigenvalue weighted by molar-refractivity contribution is 0.0303. The van der Waals surface area contributed by atoms with E-state index in [4.69, 9.17) is 4.74 Å². The first-order valence-corrected chi connectivity index (χ1v) is 6.56. The zero-order valence-corrected chi connectivity index (χ0v) is 10.2. The van der Waals surface area contributed by atoms with Crippen LogP contribution in [-0.4, -0.2) is 26.3 Å². The van der Waals surface area contributed by atoms with Gasteiger partial charge < -0.3 is 10.1 Å². The van der Waals surface area contributed by atoms with Crippen molar-refractivity contribution < 1.29 is 4.74 Å². The molecule has 2 heteroatoms. The minimum Gasteiger partial charge on any atom is -0.381 e. The summed E-state index contributed by atoms with van der Waals surface area (Å²) in [6.07, 6.45) is 6.88. The van der Waals surface area contributed by atoms with Crippen molar-refractivity contribution in [3.63, 3.8) is 0 Å². The van der Waals surface area contributed by atoms with Gasteiger partial charge in [0.25, 0.3) is 0 Å². The summed E-state index contributed by atoms with van der Waals surface area (Å²) >= 11 is 0. The second-order valence-corrected chi connectivity index (χ2v) is 5.47. The van der Waals surface area contributed by atoms with E-state index in [0.717, 1.165) is 31.0 Å². The molecule has 2 rings (SSSR count). The highest BCUT2D eigenvalue weighted by molar-refractivity contribution is 4.87. The number of hydrogen-bond donors (Lipinski definition) is 1. The Morgan fingerprint density at radius 3 is 2.60 bits per heavy atom. The van der Waals surface area contributed by atoms with E-state index in [2.05, 4.69) is 19.3 Å². The molecular weight excluding hydrogens is 186 g/mol. The summed E-state index contributed by atoms with van der Waals surface area (Å²) < 4.78 is 5.61. The molecule has 1 saturated carbocycles. The van der Waals surface area contributed by atoms with Crippen molar-refractivity contribution in [1.82, 2.24) is 5.32 Å². The van der Waals surface area contributed by atoms with Crippen LogP contribution < -0.4 is 5.32 Å². The number of rotatable bonds is 3. The summed E-state index contributed by atoms with van der Waals surface area (Å²) in [5, 5.41) is 3.55. The van der Waals surface area contributed by atoms with Gasteiger partial charge in [-0.1, -0.05) is 13.3 Å². The maximum Gasteiger partial charge on any atom is 0.0509 e. The fraction of sp³-hybridized carbons (Fsp3) is 1.00. The minimum atomic E-state index is 0.704. The smallest absolute Gasteiger partial charge is 0.0509 e. The average molecular weight is 211 g/mol. The third-order valence-electron chi connectivity index (χ3n) is 4.28. The van der Waals surface area contributed by atoms with Gasteiger partial charge in [-0.05, 0) is 50.5 Å². The normalized spacial score (nSPS) is 39.2. The molecule has 2 aliphatic rings. The lowest BCUT2D eigenvalue weighted by Crippen LogP contribution is -2.43. The Morgan fingerprint density at radius 1 is 1.20 bits per heavy atom. The lowest BCUT2D eigenvalue weighted by atomic mass is 9.83. The van der Waals surface area contributed by atoms with Gasteiger partial charge in [0.2, 0.25) is 0 Å². The first-order chi connectivity index (χ1) is 7.31. The Morgan fingerprint density at radius 2 is 2.07 bits per heavy atom. The minimum absolute atomic E-state index is 0.704. The molecule has 0 spiro atoms. The number of ether oxygens (including phenoxy) is 1. The van der Waals surface area contributed by atoms with E-state index in [9.17, 15) is 0 Å². The number of nitrogens with one attached hydrogen (secondary N) is 1. The van der Waals surface area contributed by atoms with Crippen molar-refractivity contribution in [2.45, 2.75) is 45.1 Å². The molecule has 88 valence electrons. The van der Waals surface area contributed by atoms with Crippen molar-refractivity contribution in [3.8, 4) is 0 Å². The van der Waals surface area contributed by atoms with Gasteiger partial charge in [0, 0.05) is 12.6 Å². The van der Waals surface area contributed by atoms with Crippen LogP contribution in [0.1, 0.15) is 39.0 Å². The van der Waals surface area contributed by atoms with Crippen molar-refractivity contribution in [2.75, 3.05) is 20.3 Å². The van der Waals surface area contributed by atoms with Crippen molar-refractivity contribution in [3.05, 3.63) is 0 Å². The molecule has 4 atom stereocenters. The summed E-state index contributed by atoms with van der Waals surface area (Å²) in [6, 6.07) is 0.704. The van der Waals surface area contributed by atoms with Crippen molar-refractivity contribution >= 4 is 0 Å². The SMILES string of the molecule is CNC(C1CCCOC1)C1CCC(C)C1. The zero-order chi connectivity index (χ0) is 10.7. The van der Waals surface area contributed by atoms with E-state index < -0.39 is 0 Å². The second kappa shape index (κ2) is 5.31. The molecule has 1 N–H and O–H groups in total. The van der Waals surface area contributed by atoms with Crippen LogP contribution in [0.2, 0.25) is 0 Å². The highest BCUT2D eigenvalue weighted by Gasteiger charge is 2.33. The summed E-state index contributed by atoms with van der Waals surface area (Å²) in [6.45, 7) is 4.36. The van der Waals surface area contributed by atoms with E-state index in [-0.39, 0.29) is 0 Å². The van der Waals surface area contributed by atoms with Crippen LogP contribution in [0.3, 0.4) is 0 Å². The molecule has 0 bridgehead atoms. The highest BCUT2D eigenvalue weighted by atomic mass is 16.5. The fourth-order valence-corrected chi connectivity index (χ4v) is 3.48. The average Bonchev–Trinajstić information content (AvgIpc) is 2.68. The summed E-state index contributed by atoms with van der Waals surface area (Å²) in [4.78, 5) is 0. The van der Waals surface area contributed by atoms with Gasteiger partial charge in [-0.2, -0.15) is 0 Å². The molecule has 0 radical (unpaired) electrons. The zero-order valence-electron chi connectivity index (χ0n) is 10.2. The predicted molar refractivity (Wildman–Crippen MR) is 62.9 cm³/mol. The Bertz CT molecular complexity index is 184. The van der Waals surface area contributed by atoms with E-state index in [1.54, 1.807) is 0 Å². The quantitative estimate of drug-likeness (QED) is 0.774. The van der Waals surface area contributed by atoms with Crippen LogP contribution in [-0.2, 0) is 4.74 Å². The van der Waals surface area contributed by atoms with Gasteiger partial charge in [0.1, 0.15) is 0 Å². The Hall–Kier alpha value is -0.0800. The van der Waals surface area contributed by atoms with Gasteiger partial charge in [0.05, 0.1) is 6.61 Å². The van der Waals surface area contributed by atoms with Crippen LogP contribution in [0, 0.1) is 17.8 Å². The van der Waals surface area contributed by atoms with Gasteiger partial charge in [-0.25, -0.2) is 0 Å². The molecule has 0 aromatic rings. The third-order valence-corrected chi connectivity index (χ3v) is 4.28. The van der Waals surface area contributed by atoms with Crippen LogP contribution in [0.5, 0.6) is 0 Å². The highest BCUT2D eigenvalue weighted by Crippen LogP contribution is 2.36. The first-order valence-electron chi connectivity index (χ1n) is 6.56. The Kier molecular flexibility index (Phi) is 4.04. The maximum atomic E-state index is 5.61. The summed E-state index contributed by atoms with van der Waals surface area (Å²) in [5.74, 6) is 2.60. The molecule has 1 aliphatic heterocycles.